The number of ether oxygens (including phenoxy) is 1. The van der Waals surface area contributed by atoms with Crippen molar-refractivity contribution in [3.8, 4) is 0 Å². The minimum atomic E-state index is -4.36. The molecule has 0 spiro atoms. The number of benzene rings is 2. The van der Waals surface area contributed by atoms with E-state index >= 15 is 0 Å². The van der Waals surface area contributed by atoms with Crippen LogP contribution in [0.1, 0.15) is 29.5 Å². The zero-order valence-electron chi connectivity index (χ0n) is 14.1. The van der Waals surface area contributed by atoms with E-state index in [-0.39, 0.29) is 12.0 Å². The van der Waals surface area contributed by atoms with Crippen LogP contribution in [-0.4, -0.2) is 19.2 Å². The van der Waals surface area contributed by atoms with Crippen molar-refractivity contribution in [3.05, 3.63) is 84.1 Å². The molecule has 0 bridgehead atoms. The van der Waals surface area contributed by atoms with Gasteiger partial charge in [0.1, 0.15) is 0 Å². The van der Waals surface area contributed by atoms with E-state index < -0.39 is 11.7 Å². The van der Waals surface area contributed by atoms with Gasteiger partial charge in [0.2, 0.25) is 0 Å². The summed E-state index contributed by atoms with van der Waals surface area (Å²) in [5.41, 5.74) is 0.963. The van der Waals surface area contributed by atoms with Crippen LogP contribution in [0, 0.1) is 0 Å². The lowest BCUT2D eigenvalue weighted by molar-refractivity contribution is -0.137. The molecule has 0 fully saturated rings. The highest BCUT2D eigenvalue weighted by atomic mass is 19.4. The van der Waals surface area contributed by atoms with Crippen LogP contribution in [0.3, 0.4) is 0 Å². The van der Waals surface area contributed by atoms with Gasteiger partial charge in [0.05, 0.1) is 18.4 Å². The zero-order chi connectivity index (χ0) is 18.3. The molecule has 25 heavy (non-hydrogen) atoms. The molecule has 0 aliphatic rings. The smallest absolute Gasteiger partial charge is 0.416 e. The number of halogens is 3. The van der Waals surface area contributed by atoms with Crippen molar-refractivity contribution >= 4 is 0 Å². The summed E-state index contributed by atoms with van der Waals surface area (Å²) >= 11 is 0. The number of alkyl halides is 3. The molecule has 0 aliphatic carbocycles. The highest BCUT2D eigenvalue weighted by Crippen LogP contribution is 2.34. The Morgan fingerprint density at radius 2 is 1.76 bits per heavy atom. The van der Waals surface area contributed by atoms with Crippen LogP contribution in [0.5, 0.6) is 0 Å². The first-order valence-corrected chi connectivity index (χ1v) is 8.11. The Bertz CT molecular complexity index is 670. The topological polar surface area (TPSA) is 21.3 Å². The minimum absolute atomic E-state index is 0.0701. The maximum Gasteiger partial charge on any atom is 0.416 e. The molecule has 0 saturated carbocycles. The Labute approximate surface area is 146 Å². The molecular weight excluding hydrogens is 327 g/mol. The molecule has 134 valence electrons. The van der Waals surface area contributed by atoms with E-state index in [1.165, 1.54) is 18.4 Å². The molecule has 2 aromatic rings. The molecule has 0 saturated heterocycles. The molecule has 0 amide bonds. The molecule has 5 heteroatoms. The molecule has 2 rings (SSSR count). The van der Waals surface area contributed by atoms with Gasteiger partial charge >= 0.3 is 6.18 Å². The Morgan fingerprint density at radius 3 is 2.40 bits per heavy atom. The molecule has 0 aromatic heterocycles. The Morgan fingerprint density at radius 1 is 1.08 bits per heavy atom. The van der Waals surface area contributed by atoms with E-state index in [0.29, 0.717) is 18.7 Å². The van der Waals surface area contributed by atoms with Crippen LogP contribution in [0.25, 0.3) is 0 Å². The number of nitrogens with one attached hydrogen (secondary N) is 1. The summed E-state index contributed by atoms with van der Waals surface area (Å²) in [7, 11) is 0. The van der Waals surface area contributed by atoms with E-state index in [4.69, 9.17) is 4.74 Å². The van der Waals surface area contributed by atoms with Gasteiger partial charge in [-0.2, -0.15) is 13.2 Å². The van der Waals surface area contributed by atoms with E-state index in [1.807, 2.05) is 37.3 Å². The molecule has 0 aliphatic heterocycles. The van der Waals surface area contributed by atoms with Crippen LogP contribution >= 0.6 is 0 Å². The first kappa shape index (κ1) is 19.1. The third-order valence-electron chi connectivity index (χ3n) is 4.04. The van der Waals surface area contributed by atoms with Crippen molar-refractivity contribution in [3.63, 3.8) is 0 Å². The first-order valence-electron chi connectivity index (χ1n) is 8.11. The van der Waals surface area contributed by atoms with Gasteiger partial charge in [0.25, 0.3) is 0 Å². The average Bonchev–Trinajstić information content (AvgIpc) is 2.59. The summed E-state index contributed by atoms with van der Waals surface area (Å²) in [6.45, 7) is 6.48. The SMILES string of the molecule is C=COCCNC(C)C(c1ccccc1)c1cccc(C(F)(F)F)c1. The van der Waals surface area contributed by atoms with Gasteiger partial charge in [-0.15, -0.1) is 0 Å². The number of hydrogen-bond acceptors (Lipinski definition) is 2. The van der Waals surface area contributed by atoms with Gasteiger partial charge in [0, 0.05) is 18.5 Å². The van der Waals surface area contributed by atoms with Crippen molar-refractivity contribution in [2.45, 2.75) is 25.1 Å². The van der Waals surface area contributed by atoms with Crippen molar-refractivity contribution in [1.82, 2.24) is 5.32 Å². The lowest BCUT2D eigenvalue weighted by Crippen LogP contribution is -2.35. The maximum absolute atomic E-state index is 13.1. The summed E-state index contributed by atoms with van der Waals surface area (Å²) in [5.74, 6) is -0.202. The molecular formula is C20H22F3NO. The predicted octanol–water partition coefficient (Wildman–Crippen LogP) is 4.98. The van der Waals surface area contributed by atoms with Crippen molar-refractivity contribution in [2.75, 3.05) is 13.2 Å². The second kappa shape index (κ2) is 8.72. The molecule has 1 N–H and O–H groups in total. The van der Waals surface area contributed by atoms with Crippen molar-refractivity contribution in [1.29, 1.82) is 0 Å². The van der Waals surface area contributed by atoms with Crippen molar-refractivity contribution < 1.29 is 17.9 Å². The van der Waals surface area contributed by atoms with Gasteiger partial charge in [-0.3, -0.25) is 0 Å². The fourth-order valence-corrected chi connectivity index (χ4v) is 2.89. The minimum Gasteiger partial charge on any atom is -0.500 e. The summed E-state index contributed by atoms with van der Waals surface area (Å²) in [4.78, 5) is 0. The van der Waals surface area contributed by atoms with Gasteiger partial charge in [-0.25, -0.2) is 0 Å². The monoisotopic (exact) mass is 349 g/mol. The largest absolute Gasteiger partial charge is 0.500 e. The number of rotatable bonds is 8. The van der Waals surface area contributed by atoms with Crippen molar-refractivity contribution in [2.24, 2.45) is 0 Å². The van der Waals surface area contributed by atoms with E-state index in [0.717, 1.165) is 11.6 Å². The quantitative estimate of drug-likeness (QED) is 0.536. The Hall–Kier alpha value is -2.27. The number of hydrogen-bond donors (Lipinski definition) is 1. The molecule has 0 heterocycles. The Balaban J connectivity index is 2.30. The van der Waals surface area contributed by atoms with Crippen LogP contribution in [0.15, 0.2) is 67.4 Å². The molecule has 2 nitrogen and oxygen atoms in total. The molecule has 0 radical (unpaired) electrons. The average molecular weight is 349 g/mol. The van der Waals surface area contributed by atoms with E-state index in [2.05, 4.69) is 11.9 Å². The Kier molecular flexibility index (Phi) is 6.65. The molecule has 2 aromatic carbocycles. The lowest BCUT2D eigenvalue weighted by Gasteiger charge is -2.27. The lowest BCUT2D eigenvalue weighted by atomic mass is 9.85. The third-order valence-corrected chi connectivity index (χ3v) is 4.04. The van der Waals surface area contributed by atoms with E-state index in [9.17, 15) is 13.2 Å². The molecule has 2 atom stereocenters. The van der Waals surface area contributed by atoms with Crippen LogP contribution in [-0.2, 0) is 10.9 Å². The highest BCUT2D eigenvalue weighted by molar-refractivity contribution is 5.37. The van der Waals surface area contributed by atoms with Gasteiger partial charge in [-0.1, -0.05) is 55.1 Å². The zero-order valence-corrected chi connectivity index (χ0v) is 14.1. The molecule has 2 unspecified atom stereocenters. The van der Waals surface area contributed by atoms with Gasteiger partial charge in [0.15, 0.2) is 0 Å². The second-order valence-corrected chi connectivity index (χ2v) is 5.79. The predicted molar refractivity (Wildman–Crippen MR) is 93.3 cm³/mol. The fraction of sp³-hybridized carbons (Fsp3) is 0.300. The van der Waals surface area contributed by atoms with Gasteiger partial charge in [-0.05, 0) is 24.1 Å². The maximum atomic E-state index is 13.1. The summed E-state index contributed by atoms with van der Waals surface area (Å²) in [6, 6.07) is 15.0. The normalized spacial score (nSPS) is 13.9. The summed E-state index contributed by atoms with van der Waals surface area (Å²) in [5, 5.41) is 3.32. The van der Waals surface area contributed by atoms with Crippen LogP contribution < -0.4 is 5.32 Å². The standard InChI is InChI=1S/C20H22F3NO/c1-3-25-13-12-24-15(2)19(16-8-5-4-6-9-16)17-10-7-11-18(14-17)20(21,22)23/h3-11,14-15,19,24H,1,12-13H2,2H3. The van der Waals surface area contributed by atoms with Crippen LogP contribution in [0.4, 0.5) is 13.2 Å². The fourth-order valence-electron chi connectivity index (χ4n) is 2.89. The summed E-state index contributed by atoms with van der Waals surface area (Å²) < 4.78 is 44.3. The van der Waals surface area contributed by atoms with Gasteiger partial charge < -0.3 is 10.1 Å². The second-order valence-electron chi connectivity index (χ2n) is 5.79. The summed E-state index contributed by atoms with van der Waals surface area (Å²) in [6.07, 6.45) is -2.99. The third kappa shape index (κ3) is 5.36. The van der Waals surface area contributed by atoms with E-state index in [1.54, 1.807) is 6.07 Å². The van der Waals surface area contributed by atoms with Crippen LogP contribution in [0.2, 0.25) is 0 Å². The highest BCUT2D eigenvalue weighted by Gasteiger charge is 2.31. The first-order chi connectivity index (χ1) is 11.9.